The molecular weight excluding hydrogens is 576 g/mol. The Morgan fingerprint density at radius 2 is 0.891 bits per heavy atom. The Balaban J connectivity index is 0. The van der Waals surface area contributed by atoms with Gasteiger partial charge in [-0.25, -0.2) is 0 Å². The first-order valence-corrected chi connectivity index (χ1v) is 18.8. The first-order valence-electron chi connectivity index (χ1n) is 18.8. The lowest BCUT2D eigenvalue weighted by Crippen LogP contribution is -2.30. The number of carbonyl (C=O) groups is 3. The van der Waals surface area contributed by atoms with Crippen LogP contribution < -0.4 is 0 Å². The standard InChI is InChI=1S/C39H70O6.CH4/c1-4-6-8-10-12-14-16-18-19-21-23-25-27-29-31-33-39(42)45-37(34-43-36(3)40)35-44-38(41)32-30-28-26-24-22-20-17-15-13-11-9-7-5-2;/h12,14,18-19,37H,4-11,13,15-17,20-35H2,1-3H3;1H4/b14-12-,19-18-;. The monoisotopic (exact) mass is 651 g/mol. The number of hydrogen-bond acceptors (Lipinski definition) is 6. The van der Waals surface area contributed by atoms with Gasteiger partial charge in [-0.1, -0.05) is 155 Å². The second kappa shape index (κ2) is 37.3. The van der Waals surface area contributed by atoms with Crippen LogP contribution in [-0.4, -0.2) is 37.2 Å². The number of allylic oxidation sites excluding steroid dienone is 4. The zero-order chi connectivity index (χ0) is 33.1. The Morgan fingerprint density at radius 3 is 1.39 bits per heavy atom. The molecule has 0 fully saturated rings. The van der Waals surface area contributed by atoms with Gasteiger partial charge in [0.15, 0.2) is 6.10 Å². The topological polar surface area (TPSA) is 78.9 Å². The lowest BCUT2D eigenvalue weighted by Gasteiger charge is -2.17. The molecule has 0 aromatic heterocycles. The lowest BCUT2D eigenvalue weighted by atomic mass is 10.0. The number of unbranched alkanes of at least 4 members (excludes halogenated alkanes) is 20. The Kier molecular flexibility index (Phi) is 37.4. The summed E-state index contributed by atoms with van der Waals surface area (Å²) >= 11 is 0. The summed E-state index contributed by atoms with van der Waals surface area (Å²) in [6, 6.07) is 0. The summed E-state index contributed by atoms with van der Waals surface area (Å²) in [5, 5.41) is 0. The maximum atomic E-state index is 12.4. The molecule has 0 heterocycles. The molecule has 0 aliphatic carbocycles. The number of hydrogen-bond donors (Lipinski definition) is 0. The van der Waals surface area contributed by atoms with E-state index in [1.54, 1.807) is 0 Å². The molecule has 0 bridgehead atoms. The van der Waals surface area contributed by atoms with Crippen molar-refractivity contribution < 1.29 is 28.6 Å². The Bertz CT molecular complexity index is 744. The van der Waals surface area contributed by atoms with Crippen LogP contribution in [0.3, 0.4) is 0 Å². The average molecular weight is 651 g/mol. The van der Waals surface area contributed by atoms with E-state index in [0.29, 0.717) is 12.8 Å². The fraction of sp³-hybridized carbons (Fsp3) is 0.825. The van der Waals surface area contributed by atoms with Crippen LogP contribution in [0.1, 0.15) is 195 Å². The van der Waals surface area contributed by atoms with Crippen molar-refractivity contribution in [3.8, 4) is 0 Å². The first-order chi connectivity index (χ1) is 22.0. The van der Waals surface area contributed by atoms with Crippen molar-refractivity contribution in [3.05, 3.63) is 24.3 Å². The van der Waals surface area contributed by atoms with Gasteiger partial charge >= 0.3 is 17.9 Å². The van der Waals surface area contributed by atoms with Gasteiger partial charge in [0, 0.05) is 19.8 Å². The summed E-state index contributed by atoms with van der Waals surface area (Å²) in [7, 11) is 0. The predicted octanol–water partition coefficient (Wildman–Crippen LogP) is 11.9. The van der Waals surface area contributed by atoms with Crippen molar-refractivity contribution in [2.24, 2.45) is 0 Å². The minimum atomic E-state index is -0.769. The fourth-order valence-corrected chi connectivity index (χ4v) is 5.20. The molecule has 1 atom stereocenters. The van der Waals surface area contributed by atoms with Crippen molar-refractivity contribution in [3.63, 3.8) is 0 Å². The maximum Gasteiger partial charge on any atom is 0.306 e. The molecule has 0 radical (unpaired) electrons. The summed E-state index contributed by atoms with van der Waals surface area (Å²) in [6.45, 7) is 5.61. The molecule has 0 aromatic rings. The van der Waals surface area contributed by atoms with Crippen LogP contribution >= 0.6 is 0 Å². The van der Waals surface area contributed by atoms with Crippen LogP contribution in [-0.2, 0) is 28.6 Å². The predicted molar refractivity (Wildman–Crippen MR) is 194 cm³/mol. The van der Waals surface area contributed by atoms with E-state index in [1.807, 2.05) is 0 Å². The molecule has 1 unspecified atom stereocenters. The van der Waals surface area contributed by atoms with Crippen molar-refractivity contribution in [1.82, 2.24) is 0 Å². The number of rotatable bonds is 33. The minimum Gasteiger partial charge on any atom is -0.462 e. The van der Waals surface area contributed by atoms with Crippen LogP contribution in [0.5, 0.6) is 0 Å². The highest BCUT2D eigenvalue weighted by Gasteiger charge is 2.18. The van der Waals surface area contributed by atoms with Crippen LogP contribution in [0.4, 0.5) is 0 Å². The van der Waals surface area contributed by atoms with Gasteiger partial charge in [-0.3, -0.25) is 14.4 Å². The highest BCUT2D eigenvalue weighted by atomic mass is 16.6. The van der Waals surface area contributed by atoms with Crippen LogP contribution in [0, 0.1) is 0 Å². The van der Waals surface area contributed by atoms with Gasteiger partial charge in [0.05, 0.1) is 0 Å². The average Bonchev–Trinajstić information content (AvgIpc) is 3.02. The molecule has 0 spiro atoms. The maximum absolute atomic E-state index is 12.4. The van der Waals surface area contributed by atoms with Crippen LogP contribution in [0.25, 0.3) is 0 Å². The normalized spacial score (nSPS) is 11.9. The SMILES string of the molecule is C.CCCCC/C=C\C/C=C\CCCCCCCC(=O)OC(COC(C)=O)COC(=O)CCCCCCCCCCCCCCC. The summed E-state index contributed by atoms with van der Waals surface area (Å²) in [5.74, 6) is -1.09. The number of ether oxygens (including phenoxy) is 3. The molecule has 0 aromatic carbocycles. The fourth-order valence-electron chi connectivity index (χ4n) is 5.20. The molecule has 0 amide bonds. The van der Waals surface area contributed by atoms with Crippen molar-refractivity contribution in [2.45, 2.75) is 201 Å². The number of carbonyl (C=O) groups excluding carboxylic acids is 3. The molecule has 0 aliphatic heterocycles. The Hall–Kier alpha value is -2.11. The van der Waals surface area contributed by atoms with Crippen molar-refractivity contribution in [1.29, 1.82) is 0 Å². The molecule has 0 N–H and O–H groups in total. The zero-order valence-electron chi connectivity index (χ0n) is 29.6. The third kappa shape index (κ3) is 36.4. The van der Waals surface area contributed by atoms with E-state index in [1.165, 1.54) is 96.8 Å². The molecule has 0 saturated carbocycles. The van der Waals surface area contributed by atoms with Gasteiger partial charge in [0.1, 0.15) is 13.2 Å². The molecular formula is C40H74O6. The van der Waals surface area contributed by atoms with E-state index in [-0.39, 0.29) is 32.6 Å². The molecule has 0 rings (SSSR count). The summed E-state index contributed by atoms with van der Waals surface area (Å²) < 4.78 is 15.9. The number of esters is 3. The van der Waals surface area contributed by atoms with E-state index in [2.05, 4.69) is 38.2 Å². The van der Waals surface area contributed by atoms with Gasteiger partial charge in [0.25, 0.3) is 0 Å². The summed E-state index contributed by atoms with van der Waals surface area (Å²) in [6.07, 6.45) is 37.6. The zero-order valence-corrected chi connectivity index (χ0v) is 29.6. The van der Waals surface area contributed by atoms with E-state index in [4.69, 9.17) is 14.2 Å². The second-order valence-electron chi connectivity index (χ2n) is 12.6. The van der Waals surface area contributed by atoms with Gasteiger partial charge in [-0.15, -0.1) is 0 Å². The van der Waals surface area contributed by atoms with Crippen LogP contribution in [0.15, 0.2) is 24.3 Å². The van der Waals surface area contributed by atoms with E-state index in [9.17, 15) is 14.4 Å². The highest BCUT2D eigenvalue weighted by Crippen LogP contribution is 2.14. The van der Waals surface area contributed by atoms with Crippen LogP contribution in [0.2, 0.25) is 0 Å². The summed E-state index contributed by atoms with van der Waals surface area (Å²) in [4.78, 5) is 35.9. The minimum absolute atomic E-state index is 0. The van der Waals surface area contributed by atoms with E-state index < -0.39 is 12.1 Å². The Labute approximate surface area is 284 Å². The van der Waals surface area contributed by atoms with Gasteiger partial charge in [-0.2, -0.15) is 0 Å². The molecule has 6 nitrogen and oxygen atoms in total. The molecule has 270 valence electrons. The molecule has 46 heavy (non-hydrogen) atoms. The van der Waals surface area contributed by atoms with Crippen molar-refractivity contribution >= 4 is 17.9 Å². The highest BCUT2D eigenvalue weighted by molar-refractivity contribution is 5.70. The van der Waals surface area contributed by atoms with Gasteiger partial charge < -0.3 is 14.2 Å². The molecule has 6 heteroatoms. The quantitative estimate of drug-likeness (QED) is 0.0304. The van der Waals surface area contributed by atoms with E-state index in [0.717, 1.165) is 64.2 Å². The smallest absolute Gasteiger partial charge is 0.306 e. The van der Waals surface area contributed by atoms with E-state index >= 15 is 0 Å². The lowest BCUT2D eigenvalue weighted by molar-refractivity contribution is -0.166. The third-order valence-electron chi connectivity index (χ3n) is 8.02. The Morgan fingerprint density at radius 1 is 0.500 bits per heavy atom. The second-order valence-corrected chi connectivity index (χ2v) is 12.6. The molecule has 0 saturated heterocycles. The van der Waals surface area contributed by atoms with Gasteiger partial charge in [-0.05, 0) is 44.9 Å². The summed E-state index contributed by atoms with van der Waals surface area (Å²) in [5.41, 5.74) is 0. The van der Waals surface area contributed by atoms with Gasteiger partial charge in [0.2, 0.25) is 0 Å². The third-order valence-corrected chi connectivity index (χ3v) is 8.02. The van der Waals surface area contributed by atoms with Crippen molar-refractivity contribution in [2.75, 3.05) is 13.2 Å². The first kappa shape index (κ1) is 46.0. The molecule has 0 aliphatic rings. The largest absolute Gasteiger partial charge is 0.462 e.